The van der Waals surface area contributed by atoms with Crippen LogP contribution in [0.5, 0.6) is 0 Å². The standard InChI is InChI=1S/CH7N2PS/c1-4(2,3)5/h1H3,(H4,2,3,5). The van der Waals surface area contributed by atoms with Crippen LogP contribution in [0.4, 0.5) is 0 Å². The Hall–Kier alpha value is 0.570. The molecule has 0 bridgehead atoms. The van der Waals surface area contributed by atoms with Crippen LogP contribution < -0.4 is 11.0 Å². The van der Waals surface area contributed by atoms with Gasteiger partial charge in [0.1, 0.15) is 0 Å². The zero-order chi connectivity index (χ0) is 4.50. The third kappa shape index (κ3) is 92.9. The highest BCUT2D eigenvalue weighted by atomic mass is 32.4. The Kier molecular flexibility index (Phi) is 1.50. The number of rotatable bonds is 0. The molecule has 0 saturated carbocycles. The van der Waals surface area contributed by atoms with Gasteiger partial charge in [0, 0.05) is 0 Å². The van der Waals surface area contributed by atoms with Crippen molar-refractivity contribution in [1.82, 2.24) is 0 Å². The number of hydrogen-bond acceptors (Lipinski definition) is 1. The summed E-state index contributed by atoms with van der Waals surface area (Å²) in [5.74, 6) is 0. The fourth-order valence-corrected chi connectivity index (χ4v) is 0. The third-order valence-corrected chi connectivity index (χ3v) is 0. The highest BCUT2D eigenvalue weighted by Gasteiger charge is 1.82. The second-order valence-electron chi connectivity index (χ2n) is 1.06. The molecule has 0 aliphatic heterocycles. The molecule has 0 radical (unpaired) electrons. The van der Waals surface area contributed by atoms with Crippen molar-refractivity contribution >= 4 is 18.1 Å². The minimum atomic E-state index is -1.81. The van der Waals surface area contributed by atoms with Crippen molar-refractivity contribution in [1.29, 1.82) is 0 Å². The minimum Gasteiger partial charge on any atom is -0.292 e. The van der Waals surface area contributed by atoms with Gasteiger partial charge in [-0.1, -0.05) is 11.8 Å². The Morgan fingerprint density at radius 2 is 1.60 bits per heavy atom. The first-order valence-electron chi connectivity index (χ1n) is 1.15. The maximum atomic E-state index is 5.06. The molecule has 0 heterocycles. The van der Waals surface area contributed by atoms with Crippen LogP contribution in [-0.2, 0) is 11.8 Å². The van der Waals surface area contributed by atoms with Gasteiger partial charge in [-0.15, -0.1) is 0 Å². The fourth-order valence-electron chi connectivity index (χ4n) is 0. The summed E-state index contributed by atoms with van der Waals surface area (Å²) < 4.78 is 0. The Morgan fingerprint density at radius 3 is 1.60 bits per heavy atom. The highest BCUT2D eigenvalue weighted by molar-refractivity contribution is 8.12. The molecule has 0 rings (SSSR count). The summed E-state index contributed by atoms with van der Waals surface area (Å²) in [6.07, 6.45) is -1.81. The molecule has 0 aromatic rings. The fraction of sp³-hybridized carbons (Fsp3) is 1.00. The number of nitrogens with two attached hydrogens (primary N) is 2. The molecule has 0 aromatic heterocycles. The molecule has 4 heteroatoms. The van der Waals surface area contributed by atoms with Gasteiger partial charge in [-0.25, -0.2) is 0 Å². The van der Waals surface area contributed by atoms with Crippen LogP contribution >= 0.6 is 6.34 Å². The lowest BCUT2D eigenvalue weighted by Gasteiger charge is -1.94. The van der Waals surface area contributed by atoms with E-state index in [1.807, 2.05) is 0 Å². The SMILES string of the molecule is CP(N)(N)=S. The molecule has 5 heavy (non-hydrogen) atoms. The van der Waals surface area contributed by atoms with E-state index in [1.54, 1.807) is 6.66 Å². The molecule has 2 nitrogen and oxygen atoms in total. The van der Waals surface area contributed by atoms with Crippen LogP contribution in [0.25, 0.3) is 0 Å². The average molecular weight is 110 g/mol. The summed E-state index contributed by atoms with van der Waals surface area (Å²) >= 11 is 4.49. The molecule has 0 unspecified atom stereocenters. The van der Waals surface area contributed by atoms with E-state index in [-0.39, 0.29) is 0 Å². The van der Waals surface area contributed by atoms with E-state index in [4.69, 9.17) is 11.0 Å². The molecule has 4 N–H and O–H groups in total. The summed E-state index contributed by atoms with van der Waals surface area (Å²) in [5.41, 5.74) is 10.1. The van der Waals surface area contributed by atoms with Gasteiger partial charge in [-0.2, -0.15) is 0 Å². The lowest BCUT2D eigenvalue weighted by atomic mass is 12.0. The summed E-state index contributed by atoms with van der Waals surface area (Å²) in [6.45, 7) is 1.67. The van der Waals surface area contributed by atoms with E-state index in [9.17, 15) is 0 Å². The predicted molar refractivity (Wildman–Crippen MR) is 28.6 cm³/mol. The van der Waals surface area contributed by atoms with Gasteiger partial charge in [0.25, 0.3) is 0 Å². The van der Waals surface area contributed by atoms with E-state index >= 15 is 0 Å². The van der Waals surface area contributed by atoms with Crippen molar-refractivity contribution in [2.75, 3.05) is 6.66 Å². The Morgan fingerprint density at radius 1 is 1.60 bits per heavy atom. The maximum absolute atomic E-state index is 5.06. The van der Waals surface area contributed by atoms with Crippen molar-refractivity contribution < 1.29 is 0 Å². The largest absolute Gasteiger partial charge is 0.292 e. The second-order valence-corrected chi connectivity index (χ2v) is 5.54. The van der Waals surface area contributed by atoms with Crippen LogP contribution in [0.2, 0.25) is 0 Å². The minimum absolute atomic E-state index is 1.67. The van der Waals surface area contributed by atoms with Gasteiger partial charge in [0.2, 0.25) is 0 Å². The molecule has 0 aromatic carbocycles. The van der Waals surface area contributed by atoms with E-state index in [2.05, 4.69) is 11.8 Å². The molecule has 0 spiro atoms. The van der Waals surface area contributed by atoms with Gasteiger partial charge in [-0.3, -0.25) is 11.0 Å². The van der Waals surface area contributed by atoms with Crippen molar-refractivity contribution in [3.8, 4) is 0 Å². The summed E-state index contributed by atoms with van der Waals surface area (Å²) in [5, 5.41) is 0. The predicted octanol–water partition coefficient (Wildman–Crippen LogP) is -0.157. The third-order valence-electron chi connectivity index (χ3n) is 0. The van der Waals surface area contributed by atoms with Gasteiger partial charge < -0.3 is 0 Å². The van der Waals surface area contributed by atoms with Crippen LogP contribution in [-0.4, -0.2) is 6.66 Å². The summed E-state index contributed by atoms with van der Waals surface area (Å²) in [4.78, 5) is 0. The van der Waals surface area contributed by atoms with Gasteiger partial charge in [-0.05, 0) is 6.66 Å². The van der Waals surface area contributed by atoms with E-state index in [0.29, 0.717) is 0 Å². The molecule has 0 aliphatic rings. The van der Waals surface area contributed by atoms with Gasteiger partial charge in [0.05, 0.1) is 6.34 Å². The number of hydrogen-bond donors (Lipinski definition) is 2. The van der Waals surface area contributed by atoms with E-state index in [1.165, 1.54) is 0 Å². The second kappa shape index (κ2) is 1.35. The maximum Gasteiger partial charge on any atom is 0.0641 e. The normalized spacial score (nSPS) is 11.8. The van der Waals surface area contributed by atoms with Crippen molar-refractivity contribution in [2.45, 2.75) is 0 Å². The zero-order valence-electron chi connectivity index (χ0n) is 3.01. The molecular weight excluding hydrogens is 103 g/mol. The first kappa shape index (κ1) is 5.57. The van der Waals surface area contributed by atoms with Crippen LogP contribution in [0, 0.1) is 0 Å². The average Bonchev–Trinajstić information content (AvgIpc) is 0.722. The topological polar surface area (TPSA) is 52.0 Å². The Balaban J connectivity index is 3.47. The van der Waals surface area contributed by atoms with Crippen LogP contribution in [0.15, 0.2) is 0 Å². The van der Waals surface area contributed by atoms with Crippen LogP contribution in [0.1, 0.15) is 0 Å². The molecule has 0 fully saturated rings. The van der Waals surface area contributed by atoms with E-state index in [0.717, 1.165) is 0 Å². The van der Waals surface area contributed by atoms with Crippen molar-refractivity contribution in [2.24, 2.45) is 11.0 Å². The monoisotopic (exact) mass is 110 g/mol. The van der Waals surface area contributed by atoms with Crippen molar-refractivity contribution in [3.63, 3.8) is 0 Å². The molecular formula is CH7N2PS. The first-order chi connectivity index (χ1) is 2.00. The van der Waals surface area contributed by atoms with Crippen LogP contribution in [0.3, 0.4) is 0 Å². The summed E-state index contributed by atoms with van der Waals surface area (Å²) in [7, 11) is 0. The highest BCUT2D eigenvalue weighted by Crippen LogP contribution is 2.15. The van der Waals surface area contributed by atoms with Gasteiger partial charge in [0.15, 0.2) is 0 Å². The Labute approximate surface area is 36.7 Å². The lowest BCUT2D eigenvalue weighted by molar-refractivity contribution is 1.77. The van der Waals surface area contributed by atoms with E-state index < -0.39 is 6.34 Å². The Bertz CT molecular complexity index is 55.8. The molecule has 32 valence electrons. The summed E-state index contributed by atoms with van der Waals surface area (Å²) in [6, 6.07) is 0. The van der Waals surface area contributed by atoms with Gasteiger partial charge >= 0.3 is 0 Å². The van der Waals surface area contributed by atoms with Crippen molar-refractivity contribution in [3.05, 3.63) is 0 Å². The lowest BCUT2D eigenvalue weighted by Crippen LogP contribution is -1.99. The molecule has 0 atom stereocenters. The first-order valence-corrected chi connectivity index (χ1v) is 4.53. The molecule has 0 amide bonds. The quantitative estimate of drug-likeness (QED) is 0.426. The molecule has 0 saturated heterocycles. The zero-order valence-corrected chi connectivity index (χ0v) is 4.72. The smallest absolute Gasteiger partial charge is 0.0641 e. The molecule has 0 aliphatic carbocycles.